The number of ketones is 2. The molecule has 0 rings (SSSR count). The number of carbonyl (C=O) groups excluding carboxylic acids is 2. The second-order valence-corrected chi connectivity index (χ2v) is 2.90. The number of carbonyl (C=O) groups is 2. The first-order valence-corrected chi connectivity index (χ1v) is 4.03. The topological polar surface area (TPSA) is 34.1 Å². The van der Waals surface area contributed by atoms with Crippen molar-refractivity contribution in [3.05, 3.63) is 0 Å². The van der Waals surface area contributed by atoms with E-state index in [-0.39, 0.29) is 37.8 Å². The average molecular weight is 247 g/mol. The Kier molecular flexibility index (Phi) is 7.12. The molecular weight excluding hydrogens is 231 g/mol. The molecule has 0 atom stereocenters. The van der Waals surface area contributed by atoms with Crippen molar-refractivity contribution in [3.8, 4) is 0 Å². The molecule has 0 unspecified atom stereocenters. The first-order chi connectivity index (χ1) is 5.01. The molecule has 0 aliphatic carbocycles. The van der Waals surface area contributed by atoms with Gasteiger partial charge in [0, 0.05) is 26.2 Å². The van der Waals surface area contributed by atoms with Crippen LogP contribution >= 0.6 is 0 Å². The van der Waals surface area contributed by atoms with E-state index in [0.717, 1.165) is 0 Å². The van der Waals surface area contributed by atoms with Crippen LogP contribution < -0.4 is 0 Å². The molecule has 0 bridgehead atoms. The summed E-state index contributed by atoms with van der Waals surface area (Å²) in [5.74, 6) is -0.00926. The van der Waals surface area contributed by atoms with Crippen LogP contribution in [0.4, 0.5) is 0 Å². The monoisotopic (exact) mass is 246 g/mol. The maximum atomic E-state index is 11.1. The van der Waals surface area contributed by atoms with Gasteiger partial charge < -0.3 is 0 Å². The van der Waals surface area contributed by atoms with Gasteiger partial charge >= 0.3 is 0 Å². The van der Waals surface area contributed by atoms with Gasteiger partial charge in [0.1, 0.15) is 11.6 Å². The van der Waals surface area contributed by atoms with Crippen molar-refractivity contribution in [3.63, 3.8) is 0 Å². The Balaban J connectivity index is 0. The van der Waals surface area contributed by atoms with Crippen LogP contribution in [0.5, 0.6) is 0 Å². The molecule has 0 fully saturated rings. The number of hydrogen-bond acceptors (Lipinski definition) is 2. The molecule has 0 aromatic rings. The third-order valence-electron chi connectivity index (χ3n) is 2.55. The summed E-state index contributed by atoms with van der Waals surface area (Å²) in [6.07, 6.45) is 1.24. The molecule has 0 spiro atoms. The van der Waals surface area contributed by atoms with E-state index in [1.165, 1.54) is 13.8 Å². The van der Waals surface area contributed by atoms with Gasteiger partial charge in [-0.2, -0.15) is 0 Å². The van der Waals surface area contributed by atoms with Gasteiger partial charge in [0.15, 0.2) is 0 Å². The standard InChI is InChI=1S/C9H16O2.Zr/c1-5-9(6-2,7(3)10)8(4)11;/h5-6H2,1-4H3;. The second-order valence-electron chi connectivity index (χ2n) is 2.90. The Bertz CT molecular complexity index is 155. The van der Waals surface area contributed by atoms with Crippen molar-refractivity contribution in [2.24, 2.45) is 5.41 Å². The average Bonchev–Trinajstić information content (AvgIpc) is 1.90. The maximum Gasteiger partial charge on any atom is 0.143 e. The quantitative estimate of drug-likeness (QED) is 0.712. The molecule has 68 valence electrons. The Morgan fingerprint density at radius 3 is 1.25 bits per heavy atom. The van der Waals surface area contributed by atoms with E-state index in [1.54, 1.807) is 0 Å². The SMILES string of the molecule is CCC(CC)(C(C)=O)C(C)=O.[Zr]. The van der Waals surface area contributed by atoms with Crippen molar-refractivity contribution < 1.29 is 35.8 Å². The van der Waals surface area contributed by atoms with Gasteiger partial charge in [-0.25, -0.2) is 0 Å². The zero-order valence-corrected chi connectivity index (χ0v) is 10.7. The fourth-order valence-corrected chi connectivity index (χ4v) is 1.49. The van der Waals surface area contributed by atoms with Crippen LogP contribution in [0.15, 0.2) is 0 Å². The van der Waals surface area contributed by atoms with E-state index in [0.29, 0.717) is 12.8 Å². The Morgan fingerprint density at radius 1 is 1.00 bits per heavy atom. The minimum Gasteiger partial charge on any atom is -0.299 e. The Morgan fingerprint density at radius 2 is 1.25 bits per heavy atom. The Hall–Kier alpha value is 0.223. The zero-order chi connectivity index (χ0) is 9.07. The minimum absolute atomic E-state index is 0. The summed E-state index contributed by atoms with van der Waals surface area (Å²) in [6.45, 7) is 6.75. The molecule has 0 aliphatic rings. The second kappa shape index (κ2) is 5.80. The smallest absolute Gasteiger partial charge is 0.143 e. The van der Waals surface area contributed by atoms with Crippen molar-refractivity contribution in [2.45, 2.75) is 40.5 Å². The zero-order valence-electron chi connectivity index (χ0n) is 8.23. The first kappa shape index (κ1) is 14.7. The fourth-order valence-electron chi connectivity index (χ4n) is 1.49. The summed E-state index contributed by atoms with van der Waals surface area (Å²) in [4.78, 5) is 22.3. The molecule has 12 heavy (non-hydrogen) atoms. The summed E-state index contributed by atoms with van der Waals surface area (Å²) in [5.41, 5.74) is -0.694. The summed E-state index contributed by atoms with van der Waals surface area (Å²) in [7, 11) is 0. The molecule has 0 aliphatic heterocycles. The molecule has 0 heterocycles. The maximum absolute atomic E-state index is 11.1. The summed E-state index contributed by atoms with van der Waals surface area (Å²) < 4.78 is 0. The molecule has 2 nitrogen and oxygen atoms in total. The van der Waals surface area contributed by atoms with Crippen molar-refractivity contribution in [1.82, 2.24) is 0 Å². The normalized spacial score (nSPS) is 10.3. The third kappa shape index (κ3) is 2.62. The van der Waals surface area contributed by atoms with Crippen LogP contribution in [0, 0.1) is 5.41 Å². The molecule has 0 aromatic carbocycles. The van der Waals surface area contributed by atoms with Crippen LogP contribution in [0.1, 0.15) is 40.5 Å². The predicted octanol–water partition coefficient (Wildman–Crippen LogP) is 1.97. The van der Waals surface area contributed by atoms with Crippen molar-refractivity contribution >= 4 is 11.6 Å². The Labute approximate surface area is 93.2 Å². The van der Waals surface area contributed by atoms with Crippen LogP contribution in [0.25, 0.3) is 0 Å². The van der Waals surface area contributed by atoms with Crippen LogP contribution in [0.3, 0.4) is 0 Å². The number of Topliss-reactive ketones (excluding diaryl/α,β-unsaturated/α-hetero) is 2. The molecule has 0 saturated heterocycles. The van der Waals surface area contributed by atoms with Crippen molar-refractivity contribution in [1.29, 1.82) is 0 Å². The van der Waals surface area contributed by atoms with Gasteiger partial charge in [-0.1, -0.05) is 13.8 Å². The third-order valence-corrected chi connectivity index (χ3v) is 2.55. The number of hydrogen-bond donors (Lipinski definition) is 0. The van der Waals surface area contributed by atoms with Gasteiger partial charge in [0.2, 0.25) is 0 Å². The predicted molar refractivity (Wildman–Crippen MR) is 44.4 cm³/mol. The molecule has 0 saturated carbocycles. The van der Waals surface area contributed by atoms with Gasteiger partial charge in [-0.3, -0.25) is 9.59 Å². The van der Waals surface area contributed by atoms with Crippen LogP contribution in [0.2, 0.25) is 0 Å². The van der Waals surface area contributed by atoms with E-state index >= 15 is 0 Å². The van der Waals surface area contributed by atoms with Gasteiger partial charge in [-0.15, -0.1) is 0 Å². The summed E-state index contributed by atoms with van der Waals surface area (Å²) >= 11 is 0. The van der Waals surface area contributed by atoms with E-state index in [1.807, 2.05) is 13.8 Å². The van der Waals surface area contributed by atoms with Gasteiger partial charge in [-0.05, 0) is 26.7 Å². The molecule has 3 heteroatoms. The van der Waals surface area contributed by atoms with Crippen LogP contribution in [-0.2, 0) is 35.8 Å². The largest absolute Gasteiger partial charge is 0.299 e. The van der Waals surface area contributed by atoms with Crippen molar-refractivity contribution in [2.75, 3.05) is 0 Å². The molecule has 0 N–H and O–H groups in total. The summed E-state index contributed by atoms with van der Waals surface area (Å²) in [6, 6.07) is 0. The molecule has 0 amide bonds. The van der Waals surface area contributed by atoms with E-state index in [4.69, 9.17) is 0 Å². The fraction of sp³-hybridized carbons (Fsp3) is 0.778. The van der Waals surface area contributed by atoms with Gasteiger partial charge in [0.25, 0.3) is 0 Å². The van der Waals surface area contributed by atoms with E-state index in [2.05, 4.69) is 0 Å². The molecule has 0 radical (unpaired) electrons. The van der Waals surface area contributed by atoms with E-state index < -0.39 is 5.41 Å². The van der Waals surface area contributed by atoms with E-state index in [9.17, 15) is 9.59 Å². The van der Waals surface area contributed by atoms with Crippen LogP contribution in [-0.4, -0.2) is 11.6 Å². The first-order valence-electron chi connectivity index (χ1n) is 4.03. The summed E-state index contributed by atoms with van der Waals surface area (Å²) in [5, 5.41) is 0. The molecule has 0 aromatic heterocycles. The molecular formula is C9H16O2Zr. The minimum atomic E-state index is -0.694. The van der Waals surface area contributed by atoms with Gasteiger partial charge in [0.05, 0.1) is 5.41 Å². The number of rotatable bonds is 4.